The Bertz CT molecular complexity index is 795. The number of carbonyl (C=O) groups excluding carboxylic acids is 1. The number of nitrogens with zero attached hydrogens (tertiary/aromatic N) is 2. The van der Waals surface area contributed by atoms with Gasteiger partial charge in [-0.2, -0.15) is 0 Å². The molecule has 0 radical (unpaired) electrons. The maximum atomic E-state index is 12.9. The number of halogens is 2. The van der Waals surface area contributed by atoms with Gasteiger partial charge in [-0.25, -0.2) is 4.39 Å². The summed E-state index contributed by atoms with van der Waals surface area (Å²) in [7, 11) is 1.65. The van der Waals surface area contributed by atoms with Crippen LogP contribution in [0.25, 0.3) is 0 Å². The second-order valence-electron chi connectivity index (χ2n) is 6.24. The topological polar surface area (TPSA) is 56.7 Å². The molecule has 27 heavy (non-hydrogen) atoms. The first-order chi connectivity index (χ1) is 12.7. The Hall–Kier alpha value is -2.16. The van der Waals surface area contributed by atoms with Gasteiger partial charge in [-0.05, 0) is 35.2 Å². The second-order valence-corrected chi connectivity index (χ2v) is 6.24. The molecule has 1 aliphatic rings. The summed E-state index contributed by atoms with van der Waals surface area (Å²) >= 11 is 0. The van der Waals surface area contributed by atoms with Crippen LogP contribution >= 0.6 is 24.0 Å². The zero-order valence-electron chi connectivity index (χ0n) is 15.2. The molecule has 7 heteroatoms. The van der Waals surface area contributed by atoms with Crippen molar-refractivity contribution in [1.82, 2.24) is 15.5 Å². The molecule has 5 nitrogen and oxygen atoms in total. The Kier molecular flexibility index (Phi) is 8.02. The van der Waals surface area contributed by atoms with Gasteiger partial charge in [-0.15, -0.1) is 24.0 Å². The molecule has 1 heterocycles. The van der Waals surface area contributed by atoms with Gasteiger partial charge >= 0.3 is 0 Å². The van der Waals surface area contributed by atoms with Crippen LogP contribution in [0.3, 0.4) is 0 Å². The third kappa shape index (κ3) is 5.92. The third-order valence-electron chi connectivity index (χ3n) is 4.49. The first-order valence-corrected chi connectivity index (χ1v) is 8.69. The van der Waals surface area contributed by atoms with Crippen molar-refractivity contribution in [2.75, 3.05) is 20.1 Å². The number of rotatable bonds is 4. The number of hydrogen-bond acceptors (Lipinski definition) is 2. The van der Waals surface area contributed by atoms with Crippen molar-refractivity contribution in [3.8, 4) is 0 Å². The Morgan fingerprint density at radius 3 is 2.52 bits per heavy atom. The lowest BCUT2D eigenvalue weighted by Gasteiger charge is -2.29. The van der Waals surface area contributed by atoms with Gasteiger partial charge in [0.25, 0.3) is 0 Å². The van der Waals surface area contributed by atoms with Crippen LogP contribution in [0.15, 0.2) is 53.5 Å². The molecule has 0 aromatic heterocycles. The van der Waals surface area contributed by atoms with E-state index < -0.39 is 0 Å². The lowest BCUT2D eigenvalue weighted by Crippen LogP contribution is -2.45. The summed E-state index contributed by atoms with van der Waals surface area (Å²) in [5.41, 5.74) is 3.47. The zero-order valence-corrected chi connectivity index (χ0v) is 17.6. The summed E-state index contributed by atoms with van der Waals surface area (Å²) in [6.45, 7) is 2.08. The number of amides is 1. The number of carbonyl (C=O) groups is 1. The molecule has 1 amide bonds. The van der Waals surface area contributed by atoms with Gasteiger partial charge in [0.15, 0.2) is 5.96 Å². The number of aliphatic imine (C=N–C) groups is 1. The molecule has 0 aliphatic carbocycles. The third-order valence-corrected chi connectivity index (χ3v) is 4.49. The summed E-state index contributed by atoms with van der Waals surface area (Å²) < 4.78 is 12.9. The van der Waals surface area contributed by atoms with Crippen LogP contribution in [0.5, 0.6) is 0 Å². The molecule has 0 atom stereocenters. The quantitative estimate of drug-likeness (QED) is 0.401. The Balaban J connectivity index is 0.00000261. The van der Waals surface area contributed by atoms with Gasteiger partial charge in [-0.1, -0.05) is 36.4 Å². The van der Waals surface area contributed by atoms with Crippen molar-refractivity contribution in [2.24, 2.45) is 4.99 Å². The fourth-order valence-electron chi connectivity index (χ4n) is 2.99. The lowest BCUT2D eigenvalue weighted by molar-refractivity contribution is -0.130. The van der Waals surface area contributed by atoms with Gasteiger partial charge < -0.3 is 15.5 Å². The summed E-state index contributed by atoms with van der Waals surface area (Å²) in [5, 5.41) is 6.17. The number of fused-ring (bicyclic) bond motifs is 1. The maximum Gasteiger partial charge on any atom is 0.242 e. The molecule has 2 N–H and O–H groups in total. The summed E-state index contributed by atoms with van der Waals surface area (Å²) in [4.78, 5) is 18.5. The van der Waals surface area contributed by atoms with Crippen molar-refractivity contribution in [2.45, 2.75) is 19.5 Å². The van der Waals surface area contributed by atoms with E-state index in [1.807, 2.05) is 17.0 Å². The molecular formula is C20H24FIN4O. The largest absolute Gasteiger partial charge is 0.352 e. The molecular weight excluding hydrogens is 458 g/mol. The van der Waals surface area contributed by atoms with Crippen molar-refractivity contribution in [3.63, 3.8) is 0 Å². The predicted molar refractivity (Wildman–Crippen MR) is 116 cm³/mol. The maximum absolute atomic E-state index is 12.9. The van der Waals surface area contributed by atoms with Crippen molar-refractivity contribution in [3.05, 3.63) is 71.0 Å². The van der Waals surface area contributed by atoms with Gasteiger partial charge in [0.1, 0.15) is 5.82 Å². The van der Waals surface area contributed by atoms with E-state index in [9.17, 15) is 9.18 Å². The molecule has 2 aromatic carbocycles. The molecule has 0 fully saturated rings. The van der Waals surface area contributed by atoms with E-state index in [2.05, 4.69) is 27.8 Å². The van der Waals surface area contributed by atoms with E-state index in [0.717, 1.165) is 18.5 Å². The fourth-order valence-corrected chi connectivity index (χ4v) is 2.99. The number of nitrogens with one attached hydrogen (secondary N) is 2. The standard InChI is InChI=1S/C20H23FN4O.HI/c1-22-20(23-12-15-6-8-18(21)9-7-15)24-13-19(26)25-11-10-16-4-2-3-5-17(16)14-25;/h2-9H,10-14H2,1H3,(H2,22,23,24);1H. The minimum atomic E-state index is -0.259. The molecule has 0 unspecified atom stereocenters. The highest BCUT2D eigenvalue weighted by molar-refractivity contribution is 14.0. The first-order valence-electron chi connectivity index (χ1n) is 8.69. The lowest BCUT2D eigenvalue weighted by atomic mass is 10.00. The van der Waals surface area contributed by atoms with E-state index in [-0.39, 0.29) is 42.2 Å². The molecule has 0 saturated carbocycles. The van der Waals surface area contributed by atoms with Crippen LogP contribution in [-0.2, 0) is 24.3 Å². The predicted octanol–water partition coefficient (Wildman–Crippen LogP) is 2.69. The molecule has 1 aliphatic heterocycles. The monoisotopic (exact) mass is 482 g/mol. The van der Waals surface area contributed by atoms with Gasteiger partial charge in [0.2, 0.25) is 5.91 Å². The van der Waals surface area contributed by atoms with Crippen LogP contribution < -0.4 is 10.6 Å². The Morgan fingerprint density at radius 1 is 1.11 bits per heavy atom. The van der Waals surface area contributed by atoms with Gasteiger partial charge in [-0.3, -0.25) is 9.79 Å². The summed E-state index contributed by atoms with van der Waals surface area (Å²) in [6, 6.07) is 14.5. The average molecular weight is 482 g/mol. The first kappa shape index (κ1) is 21.1. The van der Waals surface area contributed by atoms with Crippen LogP contribution in [0.4, 0.5) is 4.39 Å². The van der Waals surface area contributed by atoms with Crippen LogP contribution in [0.2, 0.25) is 0 Å². The number of guanidine groups is 1. The molecule has 0 spiro atoms. The van der Waals surface area contributed by atoms with E-state index in [0.29, 0.717) is 19.0 Å². The van der Waals surface area contributed by atoms with E-state index in [1.165, 1.54) is 23.3 Å². The normalized spacial score (nSPS) is 13.4. The minimum absolute atomic E-state index is 0. The van der Waals surface area contributed by atoms with E-state index in [4.69, 9.17) is 0 Å². The van der Waals surface area contributed by atoms with Gasteiger partial charge in [0, 0.05) is 26.7 Å². The van der Waals surface area contributed by atoms with Crippen molar-refractivity contribution < 1.29 is 9.18 Å². The average Bonchev–Trinajstić information content (AvgIpc) is 2.68. The Morgan fingerprint density at radius 2 is 1.81 bits per heavy atom. The second kappa shape index (κ2) is 10.2. The SMILES string of the molecule is CN=C(NCC(=O)N1CCc2ccccc2C1)NCc1ccc(F)cc1.I. The van der Waals surface area contributed by atoms with Crippen LogP contribution in [-0.4, -0.2) is 36.9 Å². The van der Waals surface area contributed by atoms with Crippen LogP contribution in [0.1, 0.15) is 16.7 Å². The van der Waals surface area contributed by atoms with Crippen molar-refractivity contribution in [1.29, 1.82) is 0 Å². The van der Waals surface area contributed by atoms with Gasteiger partial charge in [0.05, 0.1) is 6.54 Å². The molecule has 2 aromatic rings. The highest BCUT2D eigenvalue weighted by Crippen LogP contribution is 2.18. The highest BCUT2D eigenvalue weighted by atomic mass is 127. The number of benzene rings is 2. The van der Waals surface area contributed by atoms with Crippen LogP contribution in [0, 0.1) is 5.82 Å². The minimum Gasteiger partial charge on any atom is -0.352 e. The Labute approximate surface area is 176 Å². The highest BCUT2D eigenvalue weighted by Gasteiger charge is 2.20. The molecule has 0 bridgehead atoms. The summed E-state index contributed by atoms with van der Waals surface area (Å²) in [5.74, 6) is 0.328. The molecule has 0 saturated heterocycles. The molecule has 144 valence electrons. The smallest absolute Gasteiger partial charge is 0.242 e. The fraction of sp³-hybridized carbons (Fsp3) is 0.300. The summed E-state index contributed by atoms with van der Waals surface area (Å²) in [6.07, 6.45) is 0.888. The number of hydrogen-bond donors (Lipinski definition) is 2. The molecule has 3 rings (SSSR count). The van der Waals surface area contributed by atoms with E-state index >= 15 is 0 Å². The zero-order chi connectivity index (χ0) is 18.4. The van der Waals surface area contributed by atoms with Crippen molar-refractivity contribution >= 4 is 35.8 Å². The van der Waals surface area contributed by atoms with E-state index in [1.54, 1.807) is 19.2 Å².